The third-order valence-corrected chi connectivity index (χ3v) is 8.95. The highest BCUT2D eigenvalue weighted by atomic mass is 32.2. The Kier molecular flexibility index (Phi) is 15.6. The van der Waals surface area contributed by atoms with Crippen LogP contribution >= 0.6 is 0 Å². The highest BCUT2D eigenvalue weighted by Gasteiger charge is 2.33. The van der Waals surface area contributed by atoms with E-state index in [9.17, 15) is 47.4 Å². The summed E-state index contributed by atoms with van der Waals surface area (Å²) in [5, 5.41) is 29.4. The zero-order chi connectivity index (χ0) is 39.0. The van der Waals surface area contributed by atoms with Gasteiger partial charge in [-0.05, 0) is 41.8 Å². The number of pyridine rings is 1. The second kappa shape index (κ2) is 20.1. The fourth-order valence-corrected chi connectivity index (χ4v) is 5.89. The van der Waals surface area contributed by atoms with Crippen molar-refractivity contribution in [1.29, 1.82) is 0 Å². The Hall–Kier alpha value is -6.10. The van der Waals surface area contributed by atoms with Crippen molar-refractivity contribution in [3.05, 3.63) is 108 Å². The average Bonchev–Trinajstić information content (AvgIpc) is 3.12. The minimum atomic E-state index is -3.99. The van der Waals surface area contributed by atoms with Gasteiger partial charge in [-0.25, -0.2) is 13.2 Å². The van der Waals surface area contributed by atoms with E-state index in [0.717, 1.165) is 11.5 Å². The molecule has 3 rings (SSSR count). The van der Waals surface area contributed by atoms with Crippen LogP contribution < -0.4 is 21.3 Å². The Morgan fingerprint density at radius 1 is 0.736 bits per heavy atom. The molecule has 1 heterocycles. The minimum Gasteiger partial charge on any atom is -0.481 e. The van der Waals surface area contributed by atoms with Gasteiger partial charge in [-0.2, -0.15) is 0 Å². The van der Waals surface area contributed by atoms with Gasteiger partial charge in [0.25, 0.3) is 0 Å². The van der Waals surface area contributed by atoms with Crippen molar-refractivity contribution < 1.29 is 52.1 Å². The lowest BCUT2D eigenvalue weighted by molar-refractivity contribution is -0.140. The molecule has 282 valence electrons. The molecule has 0 fully saturated rings. The molecule has 0 aliphatic rings. The van der Waals surface area contributed by atoms with Crippen molar-refractivity contribution in [3.8, 4) is 0 Å². The van der Waals surface area contributed by atoms with Gasteiger partial charge in [0, 0.05) is 23.7 Å². The largest absolute Gasteiger partial charge is 0.481 e. The number of benzene rings is 2. The molecule has 4 amide bonds. The zero-order valence-corrected chi connectivity index (χ0v) is 29.7. The number of hydrogen-bond donors (Lipinski definition) is 6. The maximum Gasteiger partial charge on any atom is 0.408 e. The van der Waals surface area contributed by atoms with Gasteiger partial charge in [0.15, 0.2) is 9.84 Å². The molecule has 0 bridgehead atoms. The number of rotatable bonds is 19. The highest BCUT2D eigenvalue weighted by molar-refractivity contribution is 7.94. The summed E-state index contributed by atoms with van der Waals surface area (Å²) in [6, 6.07) is 15.0. The predicted molar refractivity (Wildman–Crippen MR) is 189 cm³/mol. The fourth-order valence-electron chi connectivity index (χ4n) is 4.80. The molecule has 0 radical (unpaired) electrons. The summed E-state index contributed by atoms with van der Waals surface area (Å²) in [6.45, 7) is 3.02. The maximum absolute atomic E-state index is 13.8. The molecule has 16 nitrogen and oxygen atoms in total. The van der Waals surface area contributed by atoms with Crippen LogP contribution in [0.1, 0.15) is 37.9 Å². The Labute approximate surface area is 306 Å². The number of alkyl carbamates (subject to hydrolysis) is 1. The van der Waals surface area contributed by atoms with Gasteiger partial charge >= 0.3 is 18.0 Å². The summed E-state index contributed by atoms with van der Waals surface area (Å²) < 4.78 is 30.6. The van der Waals surface area contributed by atoms with Gasteiger partial charge in [0.1, 0.15) is 24.7 Å². The van der Waals surface area contributed by atoms with E-state index in [2.05, 4.69) is 26.3 Å². The van der Waals surface area contributed by atoms with E-state index in [1.54, 1.807) is 68.4 Å². The first kappa shape index (κ1) is 41.3. The zero-order valence-electron chi connectivity index (χ0n) is 28.9. The molecule has 53 heavy (non-hydrogen) atoms. The smallest absolute Gasteiger partial charge is 0.408 e. The first-order valence-corrected chi connectivity index (χ1v) is 17.9. The third-order valence-electron chi connectivity index (χ3n) is 7.50. The average molecular weight is 752 g/mol. The third kappa shape index (κ3) is 14.2. The monoisotopic (exact) mass is 751 g/mol. The van der Waals surface area contributed by atoms with E-state index in [4.69, 9.17) is 4.74 Å². The molecule has 3 aromatic rings. The Balaban J connectivity index is 1.80. The molecular weight excluding hydrogens is 710 g/mol. The lowest BCUT2D eigenvalue weighted by atomic mass is 10.0. The number of carbonyl (C=O) groups is 6. The highest BCUT2D eigenvalue weighted by Crippen LogP contribution is 2.13. The van der Waals surface area contributed by atoms with Crippen LogP contribution in [0.5, 0.6) is 0 Å². The summed E-state index contributed by atoms with van der Waals surface area (Å²) in [6.07, 6.45) is -0.376. The Morgan fingerprint density at radius 3 is 1.92 bits per heavy atom. The van der Waals surface area contributed by atoms with Gasteiger partial charge in [0.2, 0.25) is 17.7 Å². The molecule has 17 heteroatoms. The van der Waals surface area contributed by atoms with E-state index in [0.29, 0.717) is 11.3 Å². The number of nitrogens with zero attached hydrogens (tertiary/aromatic N) is 1. The van der Waals surface area contributed by atoms with Crippen molar-refractivity contribution in [2.75, 3.05) is 0 Å². The second-order valence-electron chi connectivity index (χ2n) is 12.1. The standard InChI is InChI=1S/C36H41N5O11S/c1-23(2)32(35(48)38-26(20-30(42)43)16-18-53(50,51)27-14-7-4-8-15-27)41-34(47)28(19-25-13-9-10-17-37-25)39-33(46)29(21-31(44)45)40-36(49)52-22-24-11-5-3-6-12-24/h3-18,23,26,28-29,32H,19-22H2,1-2H3,(H,38,48)(H,39,46)(H,40,49)(H,41,47)(H,42,43)(H,44,45)/b18-16+/t26-,28?,29+,32+/m1/s1. The fraction of sp³-hybridized carbons (Fsp3) is 0.306. The van der Waals surface area contributed by atoms with Gasteiger partial charge in [-0.1, -0.05) is 68.4 Å². The normalized spacial score (nSPS) is 13.6. The Morgan fingerprint density at radius 2 is 1.34 bits per heavy atom. The number of carboxylic acids is 2. The topological polar surface area (TPSA) is 247 Å². The summed E-state index contributed by atoms with van der Waals surface area (Å²) >= 11 is 0. The van der Waals surface area contributed by atoms with Gasteiger partial charge in [0.05, 0.1) is 23.8 Å². The van der Waals surface area contributed by atoms with Crippen molar-refractivity contribution in [2.24, 2.45) is 5.92 Å². The summed E-state index contributed by atoms with van der Waals surface area (Å²) in [4.78, 5) is 80.6. The molecule has 0 aliphatic carbocycles. The van der Waals surface area contributed by atoms with E-state index < -0.39 is 88.5 Å². The van der Waals surface area contributed by atoms with Crippen LogP contribution in [0.15, 0.2) is 101 Å². The van der Waals surface area contributed by atoms with E-state index >= 15 is 0 Å². The number of hydrogen-bond acceptors (Lipinski definition) is 10. The Bertz CT molecular complexity index is 1860. The minimum absolute atomic E-state index is 0.0464. The van der Waals surface area contributed by atoms with Crippen molar-refractivity contribution in [2.45, 2.75) is 68.8 Å². The molecule has 6 N–H and O–H groups in total. The van der Waals surface area contributed by atoms with Crippen LogP contribution in [-0.2, 0) is 51.6 Å². The van der Waals surface area contributed by atoms with E-state index in [-0.39, 0.29) is 17.9 Å². The molecule has 0 saturated carbocycles. The first-order chi connectivity index (χ1) is 25.1. The van der Waals surface area contributed by atoms with Crippen molar-refractivity contribution in [1.82, 2.24) is 26.3 Å². The van der Waals surface area contributed by atoms with Gasteiger partial charge in [-0.15, -0.1) is 0 Å². The van der Waals surface area contributed by atoms with Crippen molar-refractivity contribution in [3.63, 3.8) is 0 Å². The summed E-state index contributed by atoms with van der Waals surface area (Å²) in [5.74, 6) is -6.16. The number of ether oxygens (including phenoxy) is 1. The number of carbonyl (C=O) groups excluding carboxylic acids is 4. The molecule has 4 atom stereocenters. The molecule has 1 aromatic heterocycles. The first-order valence-electron chi connectivity index (χ1n) is 16.3. The second-order valence-corrected chi connectivity index (χ2v) is 13.9. The van der Waals surface area contributed by atoms with E-state index in [1.807, 2.05) is 0 Å². The number of amides is 4. The summed E-state index contributed by atoms with van der Waals surface area (Å²) in [7, 11) is -3.99. The number of aromatic nitrogens is 1. The SMILES string of the molecule is CC(C)[C@H](NC(=O)C(Cc1ccccn1)NC(=O)[C@H](CC(=O)O)NC(=O)OCc1ccccc1)C(=O)N[C@H](/C=C/S(=O)(=O)c1ccccc1)CC(=O)O. The molecule has 0 aliphatic heterocycles. The van der Waals surface area contributed by atoms with Crippen LogP contribution in [0.2, 0.25) is 0 Å². The molecule has 1 unspecified atom stereocenters. The lowest BCUT2D eigenvalue weighted by Gasteiger charge is -2.27. The van der Waals surface area contributed by atoms with Crippen LogP contribution in [0.25, 0.3) is 0 Å². The quantitative estimate of drug-likeness (QED) is 0.103. The number of nitrogens with one attached hydrogen (secondary N) is 4. The lowest BCUT2D eigenvalue weighted by Crippen LogP contribution is -2.59. The molecule has 0 saturated heterocycles. The van der Waals surface area contributed by atoms with E-state index in [1.165, 1.54) is 30.5 Å². The molecular formula is C36H41N5O11S. The van der Waals surface area contributed by atoms with Crippen LogP contribution in [0.3, 0.4) is 0 Å². The molecule has 2 aromatic carbocycles. The van der Waals surface area contributed by atoms with Crippen LogP contribution in [0, 0.1) is 5.92 Å². The maximum atomic E-state index is 13.8. The van der Waals surface area contributed by atoms with Crippen LogP contribution in [0.4, 0.5) is 4.79 Å². The van der Waals surface area contributed by atoms with Gasteiger partial charge < -0.3 is 36.2 Å². The number of carboxylic acid groups (broad SMARTS) is 2. The number of sulfone groups is 1. The predicted octanol–water partition coefficient (Wildman–Crippen LogP) is 1.97. The number of aliphatic carboxylic acids is 2. The molecule has 0 spiro atoms. The van der Waals surface area contributed by atoms with Crippen LogP contribution in [-0.4, -0.2) is 83.5 Å². The summed E-state index contributed by atoms with van der Waals surface area (Å²) in [5.41, 5.74) is 0.982. The van der Waals surface area contributed by atoms with Crippen molar-refractivity contribution >= 4 is 45.6 Å². The van der Waals surface area contributed by atoms with Gasteiger partial charge in [-0.3, -0.25) is 29.0 Å².